The van der Waals surface area contributed by atoms with Crippen LogP contribution in [-0.2, 0) is 33.3 Å². The summed E-state index contributed by atoms with van der Waals surface area (Å²) in [6.07, 6.45) is 7.17. The van der Waals surface area contributed by atoms with Crippen LogP contribution in [0.25, 0.3) is 12.2 Å². The van der Waals surface area contributed by atoms with Gasteiger partial charge in [-0.2, -0.15) is 16.8 Å². The molecule has 0 N–H and O–H groups in total. The zero-order chi connectivity index (χ0) is 24.0. The number of ether oxygens (including phenoxy) is 1. The van der Waals surface area contributed by atoms with Crippen LogP contribution in [0.4, 0.5) is 0 Å². The van der Waals surface area contributed by atoms with E-state index < -0.39 is 42.9 Å². The number of rotatable bonds is 9. The Balaban J connectivity index is 3.26. The fourth-order valence-electron chi connectivity index (χ4n) is 2.11. The molecular weight excluding hydrogens is 491 g/mol. The first kappa shape index (κ1) is 27.6. The zero-order valence-electron chi connectivity index (χ0n) is 17.5. The van der Waals surface area contributed by atoms with E-state index in [0.29, 0.717) is 11.1 Å². The Morgan fingerprint density at radius 2 is 1.42 bits per heavy atom. The minimum atomic E-state index is -3.78. The molecule has 0 saturated heterocycles. The number of halogens is 2. The van der Waals surface area contributed by atoms with Crippen LogP contribution in [0.3, 0.4) is 0 Å². The van der Waals surface area contributed by atoms with Crippen molar-refractivity contribution in [1.82, 2.24) is 0 Å². The van der Waals surface area contributed by atoms with Gasteiger partial charge in [-0.25, -0.2) is 13.2 Å². The number of hydrogen-bond donors (Lipinski definition) is 0. The number of esters is 1. The van der Waals surface area contributed by atoms with Gasteiger partial charge in [-0.15, -0.1) is 0 Å². The first-order valence-electron chi connectivity index (χ1n) is 8.74. The van der Waals surface area contributed by atoms with Gasteiger partial charge in [0, 0.05) is 0 Å². The zero-order valence-corrected chi connectivity index (χ0v) is 20.7. The quantitative estimate of drug-likeness (QED) is 0.278. The minimum absolute atomic E-state index is 0.196. The molecule has 12 heteroatoms. The molecule has 0 heterocycles. The Morgan fingerprint density at radius 3 is 1.87 bits per heavy atom. The van der Waals surface area contributed by atoms with Gasteiger partial charge in [0.25, 0.3) is 20.2 Å². The molecule has 0 bridgehead atoms. The van der Waals surface area contributed by atoms with Gasteiger partial charge in [0.1, 0.15) is 5.60 Å². The van der Waals surface area contributed by atoms with Gasteiger partial charge in [-0.05, 0) is 56.2 Å². The van der Waals surface area contributed by atoms with Crippen molar-refractivity contribution in [2.75, 3.05) is 12.5 Å². The molecule has 0 aliphatic heterocycles. The average Bonchev–Trinajstić information content (AvgIpc) is 2.53. The molecule has 0 aliphatic rings. The highest BCUT2D eigenvalue weighted by molar-refractivity contribution is 7.86. The second kappa shape index (κ2) is 10.9. The third-order valence-electron chi connectivity index (χ3n) is 3.09. The number of hydrogen-bond acceptors (Lipinski definition) is 8. The van der Waals surface area contributed by atoms with Crippen LogP contribution in [-0.4, -0.2) is 52.0 Å². The molecule has 1 aromatic rings. The van der Waals surface area contributed by atoms with Crippen molar-refractivity contribution in [3.05, 3.63) is 47.0 Å². The predicted octanol–water partition coefficient (Wildman–Crippen LogP) is 3.75. The number of benzene rings is 1. The first-order chi connectivity index (χ1) is 14.0. The fraction of sp³-hybridized carbons (Fsp3) is 0.421. The van der Waals surface area contributed by atoms with Crippen molar-refractivity contribution >= 4 is 61.6 Å². The minimum Gasteiger partial charge on any atom is -0.456 e. The molecule has 31 heavy (non-hydrogen) atoms. The van der Waals surface area contributed by atoms with Crippen molar-refractivity contribution in [2.45, 2.75) is 37.5 Å². The van der Waals surface area contributed by atoms with E-state index in [1.54, 1.807) is 32.9 Å². The number of carbonyl (C=O) groups excluding carboxylic acids is 1. The van der Waals surface area contributed by atoms with Crippen LogP contribution in [0.1, 0.15) is 42.3 Å². The lowest BCUT2D eigenvalue weighted by Gasteiger charge is -2.20. The molecule has 0 spiro atoms. The molecule has 1 aromatic carbocycles. The molecule has 174 valence electrons. The molecular formula is C19H24Cl2O8S2. The molecule has 0 amide bonds. The van der Waals surface area contributed by atoms with E-state index in [-0.39, 0.29) is 5.56 Å². The van der Waals surface area contributed by atoms with Gasteiger partial charge in [-0.1, -0.05) is 41.4 Å². The molecule has 0 radical (unpaired) electrons. The Hall–Kier alpha value is -1.43. The maximum absolute atomic E-state index is 12.5. The molecule has 2 atom stereocenters. The van der Waals surface area contributed by atoms with E-state index in [1.165, 1.54) is 30.4 Å². The third kappa shape index (κ3) is 12.3. The smallest absolute Gasteiger partial charge is 0.339 e. The number of alkyl halides is 2. The van der Waals surface area contributed by atoms with E-state index in [2.05, 4.69) is 8.37 Å². The van der Waals surface area contributed by atoms with Gasteiger partial charge >= 0.3 is 5.97 Å². The second-order valence-corrected chi connectivity index (χ2v) is 11.4. The van der Waals surface area contributed by atoms with E-state index in [4.69, 9.17) is 27.9 Å². The fourth-order valence-corrected chi connectivity index (χ4v) is 3.84. The third-order valence-corrected chi connectivity index (χ3v) is 4.89. The molecule has 1 rings (SSSR count). The van der Waals surface area contributed by atoms with Gasteiger partial charge in [-0.3, -0.25) is 0 Å². The highest BCUT2D eigenvalue weighted by Crippen LogP contribution is 2.21. The summed E-state index contributed by atoms with van der Waals surface area (Å²) in [5.41, 5.74) is -2.16. The van der Waals surface area contributed by atoms with Crippen molar-refractivity contribution in [3.8, 4) is 0 Å². The normalized spacial score (nSPS) is 15.3. The molecule has 0 aliphatic carbocycles. The van der Waals surface area contributed by atoms with Gasteiger partial charge < -0.3 is 4.74 Å². The van der Waals surface area contributed by atoms with E-state index in [0.717, 1.165) is 12.5 Å². The Labute approximate surface area is 193 Å². The summed E-state index contributed by atoms with van der Waals surface area (Å²) >= 11 is 11.7. The molecule has 2 unspecified atom stereocenters. The van der Waals surface area contributed by atoms with Crippen molar-refractivity contribution in [2.24, 2.45) is 0 Å². The highest BCUT2D eigenvalue weighted by atomic mass is 35.5. The SMILES string of the molecule is CC(C)(C)OC(=O)c1ccc(/C=C/C(Cl)OS(C)(=O)=O)cc1/C=C/C(Cl)OS(C)(=O)=O. The lowest BCUT2D eigenvalue weighted by molar-refractivity contribution is 0.00692. The maximum Gasteiger partial charge on any atom is 0.339 e. The maximum atomic E-state index is 12.5. The Morgan fingerprint density at radius 1 is 0.935 bits per heavy atom. The molecule has 8 nitrogen and oxygen atoms in total. The van der Waals surface area contributed by atoms with E-state index in [1.807, 2.05) is 0 Å². The van der Waals surface area contributed by atoms with Crippen LogP contribution < -0.4 is 0 Å². The summed E-state index contributed by atoms with van der Waals surface area (Å²) in [5, 5.41) is 0. The van der Waals surface area contributed by atoms with Gasteiger partial charge in [0.15, 0.2) is 11.1 Å². The summed E-state index contributed by atoms with van der Waals surface area (Å²) < 4.78 is 59.2. The van der Waals surface area contributed by atoms with Crippen molar-refractivity contribution in [3.63, 3.8) is 0 Å². The topological polar surface area (TPSA) is 113 Å². The number of carbonyl (C=O) groups is 1. The monoisotopic (exact) mass is 514 g/mol. The summed E-state index contributed by atoms with van der Waals surface area (Å²) in [5.74, 6) is -0.603. The van der Waals surface area contributed by atoms with Crippen LogP contribution in [0, 0.1) is 0 Å². The Kier molecular flexibility index (Phi) is 9.73. The second-order valence-electron chi connectivity index (χ2n) is 7.37. The van der Waals surface area contributed by atoms with Crippen molar-refractivity contribution in [1.29, 1.82) is 0 Å². The van der Waals surface area contributed by atoms with Crippen LogP contribution in [0.5, 0.6) is 0 Å². The van der Waals surface area contributed by atoms with E-state index >= 15 is 0 Å². The summed E-state index contributed by atoms with van der Waals surface area (Å²) in [4.78, 5) is 12.5. The molecule has 0 aromatic heterocycles. The van der Waals surface area contributed by atoms with E-state index in [9.17, 15) is 21.6 Å². The van der Waals surface area contributed by atoms with Gasteiger partial charge in [0.05, 0.1) is 18.1 Å². The lowest BCUT2D eigenvalue weighted by Crippen LogP contribution is -2.24. The van der Waals surface area contributed by atoms with Gasteiger partial charge in [0.2, 0.25) is 0 Å². The standard InChI is InChI=1S/C19H24Cl2O8S2/c1-19(2,3)27-18(22)15-9-6-13(7-10-16(20)28-30(4,23)24)12-14(15)8-11-17(21)29-31(5,25)26/h6-12,16-17H,1-5H3/b10-7+,11-8+. The summed E-state index contributed by atoms with van der Waals surface area (Å²) in [6.45, 7) is 5.15. The molecule has 0 fully saturated rings. The Bertz CT molecular complexity index is 1050. The summed E-state index contributed by atoms with van der Waals surface area (Å²) in [7, 11) is -7.52. The van der Waals surface area contributed by atoms with Crippen LogP contribution >= 0.6 is 23.2 Å². The average molecular weight is 515 g/mol. The molecule has 0 saturated carbocycles. The highest BCUT2D eigenvalue weighted by Gasteiger charge is 2.20. The van der Waals surface area contributed by atoms with Crippen LogP contribution in [0.2, 0.25) is 0 Å². The largest absolute Gasteiger partial charge is 0.456 e. The lowest BCUT2D eigenvalue weighted by atomic mass is 10.0. The predicted molar refractivity (Wildman–Crippen MR) is 121 cm³/mol. The summed E-state index contributed by atoms with van der Waals surface area (Å²) in [6, 6.07) is 4.65. The van der Waals surface area contributed by atoms with Crippen LogP contribution in [0.15, 0.2) is 30.4 Å². The van der Waals surface area contributed by atoms with Crippen molar-refractivity contribution < 1.29 is 34.7 Å². The first-order valence-corrected chi connectivity index (χ1v) is 13.2.